The summed E-state index contributed by atoms with van der Waals surface area (Å²) in [5.74, 6) is 4.81. The van der Waals surface area contributed by atoms with Gasteiger partial charge in [-0.15, -0.1) is 11.8 Å². The molecular weight excluding hydrogens is 416 g/mol. The first-order chi connectivity index (χ1) is 15.8. The predicted molar refractivity (Wildman–Crippen MR) is 127 cm³/mol. The standard InChI is InChI=1S/C27H30N2O4/c1-4-5-14-27(15-16-29(2,3)18-27)24(25(30)31)28-26(32)33-17-23-21-12-8-6-10-19(21)20-11-7-9-13-22(20)23/h6-13,23-24H,14-18H2,1-3H3,(H-,28,30,31,32)/p+1/t24-,27-/m1/s1. The molecule has 2 atom stereocenters. The van der Waals surface area contributed by atoms with Crippen molar-refractivity contribution in [1.29, 1.82) is 0 Å². The van der Waals surface area contributed by atoms with Gasteiger partial charge in [-0.05, 0) is 29.2 Å². The number of nitrogens with one attached hydrogen (secondary N) is 1. The average molecular weight is 448 g/mol. The smallest absolute Gasteiger partial charge is 0.407 e. The van der Waals surface area contributed by atoms with Gasteiger partial charge in [-0.3, -0.25) is 0 Å². The molecule has 1 heterocycles. The van der Waals surface area contributed by atoms with Crippen molar-refractivity contribution < 1.29 is 23.9 Å². The number of quaternary nitrogens is 1. The van der Waals surface area contributed by atoms with Crippen LogP contribution in [0, 0.1) is 17.3 Å². The fourth-order valence-electron chi connectivity index (χ4n) is 5.52. The first kappa shape index (κ1) is 22.9. The highest BCUT2D eigenvalue weighted by Gasteiger charge is 2.53. The lowest BCUT2D eigenvalue weighted by Crippen LogP contribution is -2.55. The minimum atomic E-state index is -1.06. The molecule has 0 radical (unpaired) electrons. The van der Waals surface area contributed by atoms with Gasteiger partial charge in [0, 0.05) is 18.8 Å². The number of fused-ring (bicyclic) bond motifs is 3. The molecule has 0 saturated carbocycles. The van der Waals surface area contributed by atoms with Crippen LogP contribution < -0.4 is 5.32 Å². The second-order valence-corrected chi connectivity index (χ2v) is 9.77. The number of carboxylic acids is 1. The van der Waals surface area contributed by atoms with Crippen molar-refractivity contribution in [2.45, 2.75) is 31.7 Å². The SMILES string of the molecule is CC#CC[C@@]1([C@H](NC(=O)OCC2c3ccccc3-c3ccccc32)C(=O)O)CC[N+](C)(C)C1. The fourth-order valence-corrected chi connectivity index (χ4v) is 5.52. The van der Waals surface area contributed by atoms with Gasteiger partial charge in [0.1, 0.15) is 12.6 Å². The number of carbonyl (C=O) groups excluding carboxylic acids is 1. The zero-order chi connectivity index (χ0) is 23.6. The third-order valence-corrected chi connectivity index (χ3v) is 7.04. The average Bonchev–Trinajstić information content (AvgIpc) is 3.29. The fraction of sp³-hybridized carbons (Fsp3) is 0.407. The van der Waals surface area contributed by atoms with Crippen molar-refractivity contribution in [3.63, 3.8) is 0 Å². The maximum absolute atomic E-state index is 12.8. The van der Waals surface area contributed by atoms with Crippen LogP contribution in [0.1, 0.15) is 36.8 Å². The predicted octanol–water partition coefficient (Wildman–Crippen LogP) is 3.86. The van der Waals surface area contributed by atoms with Crippen LogP contribution in [0.2, 0.25) is 0 Å². The zero-order valence-corrected chi connectivity index (χ0v) is 19.4. The van der Waals surface area contributed by atoms with Crippen LogP contribution in [-0.4, -0.2) is 61.5 Å². The quantitative estimate of drug-likeness (QED) is 0.521. The number of carbonyl (C=O) groups is 2. The molecule has 6 nitrogen and oxygen atoms in total. The molecule has 0 unspecified atom stereocenters. The van der Waals surface area contributed by atoms with Gasteiger partial charge >= 0.3 is 12.1 Å². The Balaban J connectivity index is 1.50. The van der Waals surface area contributed by atoms with E-state index in [1.54, 1.807) is 6.92 Å². The Morgan fingerprint density at radius 3 is 2.27 bits per heavy atom. The van der Waals surface area contributed by atoms with E-state index in [9.17, 15) is 14.7 Å². The van der Waals surface area contributed by atoms with Gasteiger partial charge in [-0.2, -0.15) is 0 Å². The first-order valence-corrected chi connectivity index (χ1v) is 11.3. The van der Waals surface area contributed by atoms with Crippen molar-refractivity contribution in [3.05, 3.63) is 59.7 Å². The Morgan fingerprint density at radius 2 is 1.76 bits per heavy atom. The van der Waals surface area contributed by atoms with E-state index in [0.717, 1.165) is 28.8 Å². The van der Waals surface area contributed by atoms with E-state index in [2.05, 4.69) is 55.5 Å². The number of nitrogens with zero attached hydrogens (tertiary/aromatic N) is 1. The number of ether oxygens (including phenoxy) is 1. The lowest BCUT2D eigenvalue weighted by Gasteiger charge is -2.34. The van der Waals surface area contributed by atoms with Crippen LogP contribution in [0.3, 0.4) is 0 Å². The molecule has 1 fully saturated rings. The van der Waals surface area contributed by atoms with Gasteiger partial charge in [0.15, 0.2) is 0 Å². The minimum absolute atomic E-state index is 0.0755. The summed E-state index contributed by atoms with van der Waals surface area (Å²) in [7, 11) is 4.15. The van der Waals surface area contributed by atoms with Crippen LogP contribution in [0.25, 0.3) is 11.1 Å². The van der Waals surface area contributed by atoms with Crippen molar-refractivity contribution >= 4 is 12.1 Å². The zero-order valence-electron chi connectivity index (χ0n) is 19.4. The third kappa shape index (κ3) is 4.46. The summed E-state index contributed by atoms with van der Waals surface area (Å²) in [6.45, 7) is 3.36. The van der Waals surface area contributed by atoms with Crippen LogP contribution in [0.15, 0.2) is 48.5 Å². The van der Waals surface area contributed by atoms with Gasteiger partial charge in [-0.25, -0.2) is 9.59 Å². The molecule has 6 heteroatoms. The Labute approximate surface area is 195 Å². The summed E-state index contributed by atoms with van der Waals surface area (Å²) in [5.41, 5.74) is 3.89. The number of amides is 1. The molecule has 1 aliphatic heterocycles. The normalized spacial score (nSPS) is 21.3. The highest BCUT2D eigenvalue weighted by Crippen LogP contribution is 2.44. The molecule has 4 rings (SSSR count). The molecule has 1 aliphatic carbocycles. The molecule has 1 saturated heterocycles. The van der Waals surface area contributed by atoms with E-state index in [0.29, 0.717) is 23.9 Å². The topological polar surface area (TPSA) is 75.6 Å². The van der Waals surface area contributed by atoms with Gasteiger partial charge in [-0.1, -0.05) is 48.5 Å². The van der Waals surface area contributed by atoms with E-state index in [1.165, 1.54) is 0 Å². The van der Waals surface area contributed by atoms with E-state index < -0.39 is 23.5 Å². The van der Waals surface area contributed by atoms with Crippen LogP contribution in [0.4, 0.5) is 4.79 Å². The van der Waals surface area contributed by atoms with E-state index in [-0.39, 0.29) is 12.5 Å². The maximum atomic E-state index is 12.8. The minimum Gasteiger partial charge on any atom is -0.480 e. The molecule has 2 aromatic rings. The molecule has 0 spiro atoms. The van der Waals surface area contributed by atoms with Crippen molar-refractivity contribution in [3.8, 4) is 23.0 Å². The van der Waals surface area contributed by atoms with Crippen LogP contribution in [0.5, 0.6) is 0 Å². The summed E-state index contributed by atoms with van der Waals surface area (Å²) < 4.78 is 6.32. The molecule has 2 aliphatic rings. The summed E-state index contributed by atoms with van der Waals surface area (Å²) in [6, 6.07) is 15.2. The summed E-state index contributed by atoms with van der Waals surface area (Å²) in [5, 5.41) is 12.7. The van der Waals surface area contributed by atoms with Crippen molar-refractivity contribution in [2.24, 2.45) is 5.41 Å². The Morgan fingerprint density at radius 1 is 1.15 bits per heavy atom. The highest BCUT2D eigenvalue weighted by atomic mass is 16.5. The van der Waals surface area contributed by atoms with Gasteiger partial charge in [0.2, 0.25) is 0 Å². The Bertz CT molecular complexity index is 1080. The van der Waals surface area contributed by atoms with Crippen LogP contribution >= 0.6 is 0 Å². The Kier molecular flexibility index (Phi) is 6.18. The molecule has 33 heavy (non-hydrogen) atoms. The number of carboxylic acid groups (broad SMARTS) is 1. The number of hydrogen-bond acceptors (Lipinski definition) is 3. The van der Waals surface area contributed by atoms with Crippen molar-refractivity contribution in [1.82, 2.24) is 5.32 Å². The van der Waals surface area contributed by atoms with E-state index >= 15 is 0 Å². The monoisotopic (exact) mass is 447 g/mol. The lowest BCUT2D eigenvalue weighted by molar-refractivity contribution is -0.881. The van der Waals surface area contributed by atoms with E-state index in [4.69, 9.17) is 4.74 Å². The number of rotatable bonds is 6. The summed E-state index contributed by atoms with van der Waals surface area (Å²) in [4.78, 5) is 25.1. The lowest BCUT2D eigenvalue weighted by atomic mass is 9.76. The molecule has 0 aromatic heterocycles. The maximum Gasteiger partial charge on any atom is 0.407 e. The van der Waals surface area contributed by atoms with Gasteiger partial charge in [0.05, 0.1) is 32.6 Å². The number of benzene rings is 2. The second-order valence-electron chi connectivity index (χ2n) is 9.77. The van der Waals surface area contributed by atoms with Gasteiger partial charge < -0.3 is 19.6 Å². The number of alkyl carbamates (subject to hydrolysis) is 1. The molecule has 0 bridgehead atoms. The van der Waals surface area contributed by atoms with Crippen molar-refractivity contribution in [2.75, 3.05) is 33.8 Å². The number of likely N-dealkylation sites (tertiary alicyclic amines) is 1. The third-order valence-electron chi connectivity index (χ3n) is 7.04. The largest absolute Gasteiger partial charge is 0.480 e. The second kappa shape index (κ2) is 8.92. The molecule has 1 amide bonds. The molecule has 2 aromatic carbocycles. The highest BCUT2D eigenvalue weighted by molar-refractivity contribution is 5.82. The summed E-state index contributed by atoms with van der Waals surface area (Å²) in [6.07, 6.45) is 0.395. The van der Waals surface area contributed by atoms with E-state index in [1.807, 2.05) is 24.3 Å². The molecule has 172 valence electrons. The first-order valence-electron chi connectivity index (χ1n) is 11.3. The number of aliphatic carboxylic acids is 1. The number of hydrogen-bond donors (Lipinski definition) is 2. The molecule has 2 N–H and O–H groups in total. The van der Waals surface area contributed by atoms with Crippen LogP contribution in [-0.2, 0) is 9.53 Å². The molecular formula is C27H31N2O4+. The summed E-state index contributed by atoms with van der Waals surface area (Å²) >= 11 is 0. The van der Waals surface area contributed by atoms with Gasteiger partial charge in [0.25, 0.3) is 0 Å². The Hall–Kier alpha value is -3.30.